The third-order valence-corrected chi connectivity index (χ3v) is 16.0. The van der Waals surface area contributed by atoms with Crippen LogP contribution in [0.15, 0.2) is 96.0 Å². The van der Waals surface area contributed by atoms with Crippen molar-refractivity contribution in [3.8, 4) is 17.2 Å². The first-order valence-electron chi connectivity index (χ1n) is 20.5. The summed E-state index contributed by atoms with van der Waals surface area (Å²) >= 11 is 1.93. The summed E-state index contributed by atoms with van der Waals surface area (Å²) in [7, 11) is 5.34. The van der Waals surface area contributed by atoms with E-state index < -0.39 is 0 Å². The average Bonchev–Trinajstić information content (AvgIpc) is 3.73. The van der Waals surface area contributed by atoms with E-state index in [1.165, 1.54) is 11.1 Å². The van der Waals surface area contributed by atoms with Crippen LogP contribution in [0, 0.1) is 6.92 Å². The number of aryl methyl sites for hydroxylation is 2. The van der Waals surface area contributed by atoms with E-state index in [4.69, 9.17) is 19.2 Å². The zero-order valence-corrected chi connectivity index (χ0v) is 37.1. The van der Waals surface area contributed by atoms with E-state index in [-0.39, 0.29) is 28.6 Å². The lowest BCUT2D eigenvalue weighted by Gasteiger charge is -2.23. The Kier molecular flexibility index (Phi) is 11.4. The molecule has 8 nitrogen and oxygen atoms in total. The number of ether oxygens (including phenoxy) is 3. The highest BCUT2D eigenvalue weighted by molar-refractivity contribution is 8.77. The second-order valence-electron chi connectivity index (χ2n) is 16.6. The predicted octanol–water partition coefficient (Wildman–Crippen LogP) is 11.0. The number of benzene rings is 5. The highest BCUT2D eigenvalue weighted by Gasteiger charge is 2.38. The number of hydrogen-bond donors (Lipinski definition) is 0. The van der Waals surface area contributed by atoms with Crippen LogP contribution in [-0.2, 0) is 38.2 Å². The number of methoxy groups -OCH3 is 1. The maximum Gasteiger partial charge on any atom is 0.261 e. The van der Waals surface area contributed by atoms with Crippen molar-refractivity contribution in [3.05, 3.63) is 141 Å². The second kappa shape index (κ2) is 16.9. The van der Waals surface area contributed by atoms with Gasteiger partial charge in [0.15, 0.2) is 11.5 Å². The largest absolute Gasteiger partial charge is 0.493 e. The van der Waals surface area contributed by atoms with Crippen molar-refractivity contribution in [2.45, 2.75) is 82.3 Å². The molecular weight excluding hydrogens is 807 g/mol. The van der Waals surface area contributed by atoms with Crippen molar-refractivity contribution in [1.29, 1.82) is 0 Å². The Hall–Kier alpha value is -4.84. The van der Waals surface area contributed by atoms with Crippen molar-refractivity contribution < 1.29 is 23.8 Å². The molecule has 11 heteroatoms. The third-order valence-electron chi connectivity index (χ3n) is 11.7. The molecule has 0 aromatic heterocycles. The number of rotatable bonds is 13. The molecule has 0 radical (unpaired) electrons. The Labute approximate surface area is 364 Å². The Morgan fingerprint density at radius 3 is 2.15 bits per heavy atom. The van der Waals surface area contributed by atoms with E-state index in [0.29, 0.717) is 47.3 Å². The molecule has 2 atom stereocenters. The number of nitrogens with zero attached hydrogens (tertiary/aromatic N) is 3. The topological polar surface area (TPSA) is 80.7 Å². The number of aliphatic imine (C=N–C) groups is 1. The fraction of sp³-hybridized carbons (Fsp3) is 0.327. The molecule has 60 heavy (non-hydrogen) atoms. The molecule has 0 saturated carbocycles. The number of fused-ring (bicyclic) bond motifs is 8. The molecule has 4 aliphatic heterocycles. The van der Waals surface area contributed by atoms with Crippen LogP contribution in [0.25, 0.3) is 0 Å². The minimum Gasteiger partial charge on any atom is -0.493 e. The molecule has 0 spiro atoms. The standard InChI is InChI=1S/C49H49N3O5S3/c1-30-16-40-41(50-25-38-21-36-11-7-9-13-43(36)52(38)48(40)54)24-44(30)56-26-31-17-32(19-33(18-31)28-59-29-49(2,3)60-58-5)27-57-46-22-34-14-15-37-20-35-10-6-8-12-42(35)51(37)47(53)39(34)23-45(46)55-4/h6-13,16-19,22-25,37-38H,14-15,20-21,26-29H2,1-5H3/t37-,38+/m1/s1. The van der Waals surface area contributed by atoms with E-state index in [0.717, 1.165) is 76.4 Å². The number of anilines is 2. The lowest BCUT2D eigenvalue weighted by molar-refractivity contribution is 0.0975. The Morgan fingerprint density at radius 1 is 0.750 bits per heavy atom. The van der Waals surface area contributed by atoms with E-state index in [9.17, 15) is 9.59 Å². The van der Waals surface area contributed by atoms with Crippen molar-refractivity contribution in [2.75, 3.05) is 28.9 Å². The monoisotopic (exact) mass is 855 g/mol. The van der Waals surface area contributed by atoms with Crippen molar-refractivity contribution in [1.82, 2.24) is 0 Å². The summed E-state index contributed by atoms with van der Waals surface area (Å²) in [6, 6.07) is 30.6. The number of para-hydroxylation sites is 2. The van der Waals surface area contributed by atoms with E-state index >= 15 is 0 Å². The van der Waals surface area contributed by atoms with Crippen molar-refractivity contribution in [2.24, 2.45) is 4.99 Å². The van der Waals surface area contributed by atoms with E-state index in [1.54, 1.807) is 17.9 Å². The van der Waals surface area contributed by atoms with Gasteiger partial charge in [0.2, 0.25) is 0 Å². The molecule has 5 aromatic rings. The fourth-order valence-electron chi connectivity index (χ4n) is 8.97. The second-order valence-corrected chi connectivity index (χ2v) is 20.7. The Balaban J connectivity index is 0.951. The van der Waals surface area contributed by atoms with Crippen LogP contribution in [0.3, 0.4) is 0 Å². The van der Waals surface area contributed by atoms with E-state index in [1.807, 2.05) is 100 Å². The first-order chi connectivity index (χ1) is 29.1. The first kappa shape index (κ1) is 40.6. The molecule has 0 aliphatic carbocycles. The van der Waals surface area contributed by atoms with Crippen LogP contribution in [0.5, 0.6) is 17.2 Å². The van der Waals surface area contributed by atoms with Gasteiger partial charge in [-0.2, -0.15) is 11.8 Å². The van der Waals surface area contributed by atoms with Crippen LogP contribution in [0.1, 0.15) is 79.9 Å². The zero-order valence-electron chi connectivity index (χ0n) is 34.7. The van der Waals surface area contributed by atoms with Gasteiger partial charge in [-0.05, 0) is 122 Å². The minimum absolute atomic E-state index is 0.0190. The SMILES string of the molecule is COc1cc2c(cc1OCc1cc(COc3cc4c(cc3C)C(=O)N3c5ccccc5C[C@H]3C=N4)cc(CSCC(C)(C)SSC)c1)CC[C@@H]1Cc3ccccc3N1C2=O. The third kappa shape index (κ3) is 8.04. The molecule has 2 amide bonds. The molecule has 9 rings (SSSR count). The lowest BCUT2D eigenvalue weighted by atomic mass is 9.99. The summed E-state index contributed by atoms with van der Waals surface area (Å²) in [4.78, 5) is 36.7. The van der Waals surface area contributed by atoms with Gasteiger partial charge in [0.1, 0.15) is 19.0 Å². The normalized spacial score (nSPS) is 17.6. The highest BCUT2D eigenvalue weighted by Crippen LogP contribution is 2.42. The summed E-state index contributed by atoms with van der Waals surface area (Å²) in [5, 5.41) is 0. The van der Waals surface area contributed by atoms with Gasteiger partial charge in [0.25, 0.3) is 11.8 Å². The Bertz CT molecular complexity index is 2520. The molecule has 308 valence electrons. The molecule has 0 unspecified atom stereocenters. The van der Waals surface area contributed by atoms with Crippen molar-refractivity contribution in [3.63, 3.8) is 0 Å². The lowest BCUT2D eigenvalue weighted by Crippen LogP contribution is -2.37. The molecule has 4 aliphatic rings. The van der Waals surface area contributed by atoms with Crippen molar-refractivity contribution >= 4 is 68.4 Å². The smallest absolute Gasteiger partial charge is 0.261 e. The maximum absolute atomic E-state index is 14.1. The molecule has 4 heterocycles. The maximum atomic E-state index is 14.1. The summed E-state index contributed by atoms with van der Waals surface area (Å²) in [6.07, 6.45) is 7.32. The van der Waals surface area contributed by atoms with Gasteiger partial charge in [-0.3, -0.25) is 19.5 Å². The highest BCUT2D eigenvalue weighted by atomic mass is 33.1. The molecule has 0 bridgehead atoms. The summed E-state index contributed by atoms with van der Waals surface area (Å²) in [6.45, 7) is 7.22. The zero-order chi connectivity index (χ0) is 41.5. The number of amides is 2. The average molecular weight is 856 g/mol. The summed E-state index contributed by atoms with van der Waals surface area (Å²) in [5.74, 6) is 3.70. The first-order valence-corrected chi connectivity index (χ1v) is 24.2. The predicted molar refractivity (Wildman–Crippen MR) is 249 cm³/mol. The van der Waals surface area contributed by atoms with Gasteiger partial charge in [-0.15, -0.1) is 0 Å². The number of carbonyl (C=O) groups is 2. The Morgan fingerprint density at radius 2 is 1.42 bits per heavy atom. The minimum atomic E-state index is -0.109. The van der Waals surface area contributed by atoms with Gasteiger partial charge in [-0.1, -0.05) is 70.1 Å². The van der Waals surface area contributed by atoms with Gasteiger partial charge in [-0.25, -0.2) is 0 Å². The molecule has 0 fully saturated rings. The molecule has 0 saturated heterocycles. The van der Waals surface area contributed by atoms with E-state index in [2.05, 4.69) is 56.5 Å². The van der Waals surface area contributed by atoms with Gasteiger partial charge in [0, 0.05) is 57.9 Å². The molecular formula is C49H49N3O5S3. The summed E-state index contributed by atoms with van der Waals surface area (Å²) in [5.41, 5.74) is 11.3. The summed E-state index contributed by atoms with van der Waals surface area (Å²) < 4.78 is 19.1. The van der Waals surface area contributed by atoms with Gasteiger partial charge in [0.05, 0.1) is 24.4 Å². The van der Waals surface area contributed by atoms with Crippen LogP contribution >= 0.6 is 33.3 Å². The van der Waals surface area contributed by atoms with Gasteiger partial charge < -0.3 is 19.1 Å². The number of hydrogen-bond acceptors (Lipinski definition) is 9. The van der Waals surface area contributed by atoms with Crippen LogP contribution in [-0.4, -0.2) is 54.0 Å². The fourth-order valence-corrected chi connectivity index (χ4v) is 12.7. The number of thioether (sulfide) groups is 1. The number of carbonyl (C=O) groups excluding carboxylic acids is 2. The molecule has 5 aromatic carbocycles. The van der Waals surface area contributed by atoms with Crippen LogP contribution in [0.2, 0.25) is 0 Å². The van der Waals surface area contributed by atoms with Crippen LogP contribution in [0.4, 0.5) is 17.1 Å². The van der Waals surface area contributed by atoms with Gasteiger partial charge >= 0.3 is 0 Å². The van der Waals surface area contributed by atoms with Crippen LogP contribution < -0.4 is 24.0 Å². The molecule has 0 N–H and O–H groups in total. The quantitative estimate of drug-likeness (QED) is 0.108.